The number of hydrogen-bond donors (Lipinski definition) is 1. The maximum absolute atomic E-state index is 6.04. The summed E-state index contributed by atoms with van der Waals surface area (Å²) in [7, 11) is 0. The lowest BCUT2D eigenvalue weighted by molar-refractivity contribution is 0.218. The first kappa shape index (κ1) is 14.6. The van der Waals surface area contributed by atoms with Gasteiger partial charge in [0.1, 0.15) is 11.9 Å². The first-order chi connectivity index (χ1) is 9.01. The molecule has 19 heavy (non-hydrogen) atoms. The Kier molecular flexibility index (Phi) is 4.66. The zero-order valence-electron chi connectivity index (χ0n) is 11.4. The van der Waals surface area contributed by atoms with Crippen molar-refractivity contribution in [1.82, 2.24) is 0 Å². The molecule has 0 aliphatic heterocycles. The van der Waals surface area contributed by atoms with E-state index < -0.39 is 0 Å². The third-order valence-corrected chi connectivity index (χ3v) is 5.32. The lowest BCUT2D eigenvalue weighted by Crippen LogP contribution is -2.17. The predicted octanol–water partition coefficient (Wildman–Crippen LogP) is 4.51. The smallest absolute Gasteiger partial charge is 0.145 e. The van der Waals surface area contributed by atoms with Gasteiger partial charge in [-0.25, -0.2) is 0 Å². The molecule has 1 heterocycles. The van der Waals surface area contributed by atoms with Gasteiger partial charge in [0.2, 0.25) is 0 Å². The standard InChI is InChI=1S/C15H18BrNOS/c1-9-6-12(7-10(2)15(9)16)18-13(8-17)14-5-4-11(3)19-14/h4-7,13H,8,17H2,1-3H3. The van der Waals surface area contributed by atoms with Gasteiger partial charge in [-0.05, 0) is 56.2 Å². The number of benzene rings is 1. The summed E-state index contributed by atoms with van der Waals surface area (Å²) < 4.78 is 7.18. The first-order valence-electron chi connectivity index (χ1n) is 6.21. The van der Waals surface area contributed by atoms with Crippen LogP contribution in [0.1, 0.15) is 27.0 Å². The number of aryl methyl sites for hydroxylation is 3. The Balaban J connectivity index is 2.23. The quantitative estimate of drug-likeness (QED) is 0.888. The van der Waals surface area contributed by atoms with E-state index in [4.69, 9.17) is 10.5 Å². The van der Waals surface area contributed by atoms with Crippen LogP contribution in [0.5, 0.6) is 5.75 Å². The fourth-order valence-electron chi connectivity index (χ4n) is 1.99. The second-order valence-corrected chi connectivity index (χ2v) is 6.77. The van der Waals surface area contributed by atoms with Gasteiger partial charge in [0.25, 0.3) is 0 Å². The van der Waals surface area contributed by atoms with Gasteiger partial charge in [-0.2, -0.15) is 0 Å². The molecule has 0 saturated carbocycles. The zero-order chi connectivity index (χ0) is 14.0. The van der Waals surface area contributed by atoms with Gasteiger partial charge in [0, 0.05) is 20.8 Å². The Labute approximate surface area is 126 Å². The van der Waals surface area contributed by atoms with E-state index in [1.54, 1.807) is 11.3 Å². The number of ether oxygens (including phenoxy) is 1. The zero-order valence-corrected chi connectivity index (χ0v) is 13.8. The minimum Gasteiger partial charge on any atom is -0.484 e. The molecule has 0 bridgehead atoms. The van der Waals surface area contributed by atoms with Crippen LogP contribution < -0.4 is 10.5 Å². The molecule has 4 heteroatoms. The molecule has 0 radical (unpaired) electrons. The number of nitrogens with two attached hydrogens (primary N) is 1. The normalized spacial score (nSPS) is 12.5. The highest BCUT2D eigenvalue weighted by molar-refractivity contribution is 9.10. The molecule has 0 spiro atoms. The summed E-state index contributed by atoms with van der Waals surface area (Å²) in [4.78, 5) is 2.46. The summed E-state index contributed by atoms with van der Waals surface area (Å²) in [5, 5.41) is 0. The fraction of sp³-hybridized carbons (Fsp3) is 0.333. The molecule has 2 aromatic rings. The SMILES string of the molecule is Cc1ccc(C(CN)Oc2cc(C)c(Br)c(C)c2)s1. The Morgan fingerprint density at radius 3 is 2.32 bits per heavy atom. The number of halogens is 1. The second kappa shape index (κ2) is 6.07. The van der Waals surface area contributed by atoms with Gasteiger partial charge in [-0.1, -0.05) is 15.9 Å². The van der Waals surface area contributed by atoms with Crippen LogP contribution in [0.3, 0.4) is 0 Å². The molecule has 2 nitrogen and oxygen atoms in total. The van der Waals surface area contributed by atoms with Crippen molar-refractivity contribution in [3.63, 3.8) is 0 Å². The molecule has 0 fully saturated rings. The lowest BCUT2D eigenvalue weighted by Gasteiger charge is -2.17. The fourth-order valence-corrected chi connectivity index (χ4v) is 3.14. The third-order valence-electron chi connectivity index (χ3n) is 2.98. The van der Waals surface area contributed by atoms with Crippen LogP contribution >= 0.6 is 27.3 Å². The van der Waals surface area contributed by atoms with Crippen molar-refractivity contribution in [2.24, 2.45) is 5.73 Å². The Bertz CT molecular complexity index is 556. The van der Waals surface area contributed by atoms with Crippen molar-refractivity contribution in [3.05, 3.63) is 49.6 Å². The van der Waals surface area contributed by atoms with E-state index in [0.717, 1.165) is 10.2 Å². The minimum absolute atomic E-state index is 0.0707. The summed E-state index contributed by atoms with van der Waals surface area (Å²) in [6, 6.07) is 8.28. The topological polar surface area (TPSA) is 35.2 Å². The van der Waals surface area contributed by atoms with Crippen LogP contribution in [0.4, 0.5) is 0 Å². The van der Waals surface area contributed by atoms with Crippen molar-refractivity contribution in [2.75, 3.05) is 6.54 Å². The van der Waals surface area contributed by atoms with E-state index in [1.165, 1.54) is 20.9 Å². The highest BCUT2D eigenvalue weighted by atomic mass is 79.9. The van der Waals surface area contributed by atoms with Gasteiger partial charge in [-0.15, -0.1) is 11.3 Å². The molecule has 0 aliphatic rings. The van der Waals surface area contributed by atoms with Gasteiger partial charge in [0.05, 0.1) is 0 Å². The van der Waals surface area contributed by atoms with Crippen LogP contribution in [0, 0.1) is 20.8 Å². The molecular formula is C15H18BrNOS. The van der Waals surface area contributed by atoms with E-state index >= 15 is 0 Å². The highest BCUT2D eigenvalue weighted by Crippen LogP contribution is 2.31. The van der Waals surface area contributed by atoms with Crippen LogP contribution in [-0.2, 0) is 0 Å². The highest BCUT2D eigenvalue weighted by Gasteiger charge is 2.14. The second-order valence-electron chi connectivity index (χ2n) is 4.66. The number of rotatable bonds is 4. The molecule has 102 valence electrons. The van der Waals surface area contributed by atoms with E-state index in [9.17, 15) is 0 Å². The summed E-state index contributed by atoms with van der Waals surface area (Å²) in [6.45, 7) is 6.71. The van der Waals surface area contributed by atoms with Gasteiger partial charge in [-0.3, -0.25) is 0 Å². The summed E-state index contributed by atoms with van der Waals surface area (Å²) in [5.41, 5.74) is 8.19. The van der Waals surface area contributed by atoms with E-state index in [2.05, 4.69) is 48.8 Å². The molecule has 0 amide bonds. The van der Waals surface area contributed by atoms with Gasteiger partial charge in [0.15, 0.2) is 0 Å². The third kappa shape index (κ3) is 3.38. The predicted molar refractivity (Wildman–Crippen MR) is 85.1 cm³/mol. The molecule has 2 rings (SSSR count). The molecule has 0 saturated heterocycles. The van der Waals surface area contributed by atoms with Crippen molar-refractivity contribution in [2.45, 2.75) is 26.9 Å². The van der Waals surface area contributed by atoms with Crippen LogP contribution in [0.15, 0.2) is 28.7 Å². The Morgan fingerprint density at radius 2 is 1.84 bits per heavy atom. The molecule has 1 unspecified atom stereocenters. The Morgan fingerprint density at radius 1 is 1.21 bits per heavy atom. The number of thiophene rings is 1. The molecule has 0 aliphatic carbocycles. The van der Waals surface area contributed by atoms with Crippen molar-refractivity contribution < 1.29 is 4.74 Å². The maximum Gasteiger partial charge on any atom is 0.145 e. The van der Waals surface area contributed by atoms with E-state index in [-0.39, 0.29) is 6.10 Å². The largest absolute Gasteiger partial charge is 0.484 e. The summed E-state index contributed by atoms with van der Waals surface area (Å²) in [6.07, 6.45) is -0.0707. The van der Waals surface area contributed by atoms with Crippen LogP contribution in [0.2, 0.25) is 0 Å². The average Bonchev–Trinajstić information content (AvgIpc) is 2.79. The van der Waals surface area contributed by atoms with Crippen molar-refractivity contribution in [1.29, 1.82) is 0 Å². The maximum atomic E-state index is 6.04. The Hall–Kier alpha value is -0.840. The molecule has 1 aromatic carbocycles. The first-order valence-corrected chi connectivity index (χ1v) is 7.82. The lowest BCUT2D eigenvalue weighted by atomic mass is 10.1. The van der Waals surface area contributed by atoms with Gasteiger partial charge >= 0.3 is 0 Å². The van der Waals surface area contributed by atoms with Crippen molar-refractivity contribution in [3.8, 4) is 5.75 Å². The molecule has 1 aromatic heterocycles. The molecule has 2 N–H and O–H groups in total. The summed E-state index contributed by atoms with van der Waals surface area (Å²) in [5.74, 6) is 0.875. The number of hydrogen-bond acceptors (Lipinski definition) is 3. The van der Waals surface area contributed by atoms with Crippen LogP contribution in [0.25, 0.3) is 0 Å². The van der Waals surface area contributed by atoms with E-state index in [1.807, 2.05) is 12.1 Å². The van der Waals surface area contributed by atoms with Gasteiger partial charge < -0.3 is 10.5 Å². The van der Waals surface area contributed by atoms with Crippen LogP contribution in [-0.4, -0.2) is 6.54 Å². The molecule has 1 atom stereocenters. The minimum atomic E-state index is -0.0707. The average molecular weight is 340 g/mol. The van der Waals surface area contributed by atoms with E-state index in [0.29, 0.717) is 6.54 Å². The monoisotopic (exact) mass is 339 g/mol. The molecular weight excluding hydrogens is 322 g/mol. The summed E-state index contributed by atoms with van der Waals surface area (Å²) >= 11 is 5.30. The van der Waals surface area contributed by atoms with Crippen molar-refractivity contribution >= 4 is 27.3 Å².